The van der Waals surface area contributed by atoms with Crippen LogP contribution in [0.2, 0.25) is 0 Å². The SMILES string of the molecule is COc1c(C(C)(C)C)cc(C(C)(C)C)cc1C(O)(C=O)c1ccccc1. The minimum Gasteiger partial charge on any atom is -0.496 e. The van der Waals surface area contributed by atoms with Crippen molar-refractivity contribution < 1.29 is 14.6 Å². The van der Waals surface area contributed by atoms with E-state index in [0.717, 1.165) is 11.1 Å². The first-order valence-corrected chi connectivity index (χ1v) is 8.93. The molecule has 0 saturated carbocycles. The summed E-state index contributed by atoms with van der Waals surface area (Å²) in [4.78, 5) is 12.1. The molecule has 0 bridgehead atoms. The first-order chi connectivity index (χ1) is 11.9. The molecule has 2 aromatic carbocycles. The summed E-state index contributed by atoms with van der Waals surface area (Å²) in [7, 11) is 1.58. The van der Waals surface area contributed by atoms with Crippen molar-refractivity contribution in [3.8, 4) is 5.75 Å². The van der Waals surface area contributed by atoms with Crippen LogP contribution >= 0.6 is 0 Å². The molecule has 2 rings (SSSR count). The van der Waals surface area contributed by atoms with Gasteiger partial charge < -0.3 is 9.84 Å². The van der Waals surface area contributed by atoms with Gasteiger partial charge >= 0.3 is 0 Å². The number of hydrogen-bond acceptors (Lipinski definition) is 3. The molecule has 0 aliphatic carbocycles. The Morgan fingerprint density at radius 1 is 0.846 bits per heavy atom. The van der Waals surface area contributed by atoms with Gasteiger partial charge in [0.05, 0.1) is 7.11 Å². The molecular weight excluding hydrogens is 324 g/mol. The molecule has 0 fully saturated rings. The van der Waals surface area contributed by atoms with Crippen LogP contribution < -0.4 is 4.74 Å². The third-order valence-electron chi connectivity index (χ3n) is 4.76. The second kappa shape index (κ2) is 6.88. The van der Waals surface area contributed by atoms with Gasteiger partial charge in [-0.05, 0) is 28.0 Å². The fourth-order valence-corrected chi connectivity index (χ4v) is 3.10. The maximum atomic E-state index is 12.1. The van der Waals surface area contributed by atoms with E-state index in [1.807, 2.05) is 24.3 Å². The minimum absolute atomic E-state index is 0.137. The molecule has 0 amide bonds. The smallest absolute Gasteiger partial charge is 0.174 e. The quantitative estimate of drug-likeness (QED) is 0.808. The van der Waals surface area contributed by atoms with E-state index in [9.17, 15) is 9.90 Å². The van der Waals surface area contributed by atoms with E-state index < -0.39 is 5.60 Å². The van der Waals surface area contributed by atoms with Gasteiger partial charge in [-0.2, -0.15) is 0 Å². The van der Waals surface area contributed by atoms with E-state index in [0.29, 0.717) is 23.2 Å². The summed E-state index contributed by atoms with van der Waals surface area (Å²) in [6, 6.07) is 13.0. The van der Waals surface area contributed by atoms with Crippen molar-refractivity contribution >= 4 is 6.29 Å². The van der Waals surface area contributed by atoms with Crippen molar-refractivity contribution in [3.05, 3.63) is 64.7 Å². The molecule has 3 nitrogen and oxygen atoms in total. The normalized spacial score (nSPS) is 14.6. The minimum atomic E-state index is -1.77. The van der Waals surface area contributed by atoms with E-state index in [2.05, 4.69) is 47.6 Å². The van der Waals surface area contributed by atoms with Crippen LogP contribution in [0.4, 0.5) is 0 Å². The van der Waals surface area contributed by atoms with Gasteiger partial charge in [-0.1, -0.05) is 77.9 Å². The van der Waals surface area contributed by atoms with Gasteiger partial charge in [-0.15, -0.1) is 0 Å². The summed E-state index contributed by atoms with van der Waals surface area (Å²) < 4.78 is 5.72. The van der Waals surface area contributed by atoms with Crippen LogP contribution in [0.3, 0.4) is 0 Å². The second-order valence-electron chi connectivity index (χ2n) is 8.85. The topological polar surface area (TPSA) is 46.5 Å². The van der Waals surface area contributed by atoms with Crippen molar-refractivity contribution in [2.75, 3.05) is 7.11 Å². The molecule has 0 spiro atoms. The lowest BCUT2D eigenvalue weighted by Crippen LogP contribution is -2.31. The molecule has 26 heavy (non-hydrogen) atoms. The molecule has 3 heteroatoms. The van der Waals surface area contributed by atoms with Gasteiger partial charge in [0.15, 0.2) is 11.9 Å². The number of aldehydes is 1. The Hall–Kier alpha value is -2.13. The van der Waals surface area contributed by atoms with Gasteiger partial charge in [0.2, 0.25) is 0 Å². The van der Waals surface area contributed by atoms with Crippen LogP contribution in [-0.4, -0.2) is 18.5 Å². The highest BCUT2D eigenvalue weighted by molar-refractivity contribution is 5.75. The zero-order valence-electron chi connectivity index (χ0n) is 16.9. The van der Waals surface area contributed by atoms with Crippen molar-refractivity contribution in [2.45, 2.75) is 58.0 Å². The zero-order chi connectivity index (χ0) is 19.8. The Morgan fingerprint density at radius 3 is 1.81 bits per heavy atom. The van der Waals surface area contributed by atoms with Crippen molar-refractivity contribution in [2.24, 2.45) is 0 Å². The third-order valence-corrected chi connectivity index (χ3v) is 4.76. The Kier molecular flexibility index (Phi) is 5.34. The first-order valence-electron chi connectivity index (χ1n) is 8.93. The van der Waals surface area contributed by atoms with Crippen LogP contribution in [-0.2, 0) is 21.2 Å². The number of carbonyl (C=O) groups is 1. The van der Waals surface area contributed by atoms with Gasteiger partial charge in [-0.25, -0.2) is 0 Å². The van der Waals surface area contributed by atoms with Crippen LogP contribution in [0.5, 0.6) is 5.75 Å². The van der Waals surface area contributed by atoms with Gasteiger partial charge in [0.1, 0.15) is 5.75 Å². The number of methoxy groups -OCH3 is 1. The molecule has 2 aromatic rings. The zero-order valence-corrected chi connectivity index (χ0v) is 16.9. The van der Waals surface area contributed by atoms with Crippen molar-refractivity contribution in [1.82, 2.24) is 0 Å². The van der Waals surface area contributed by atoms with Gasteiger partial charge in [-0.3, -0.25) is 4.79 Å². The van der Waals surface area contributed by atoms with E-state index in [-0.39, 0.29) is 10.8 Å². The number of aliphatic hydroxyl groups is 1. The van der Waals surface area contributed by atoms with Crippen LogP contribution in [0.1, 0.15) is 63.8 Å². The third kappa shape index (κ3) is 3.68. The molecule has 0 aromatic heterocycles. The van der Waals surface area contributed by atoms with E-state index >= 15 is 0 Å². The summed E-state index contributed by atoms with van der Waals surface area (Å²) in [6.07, 6.45) is 0.596. The maximum Gasteiger partial charge on any atom is 0.174 e. The van der Waals surface area contributed by atoms with Crippen LogP contribution in [0, 0.1) is 0 Å². The first kappa shape index (κ1) is 20.2. The Morgan fingerprint density at radius 2 is 1.38 bits per heavy atom. The molecule has 1 N–H and O–H groups in total. The van der Waals surface area contributed by atoms with E-state index in [1.54, 1.807) is 19.2 Å². The van der Waals surface area contributed by atoms with Crippen LogP contribution in [0.15, 0.2) is 42.5 Å². The molecular formula is C23H30O3. The number of benzene rings is 2. The Labute approximate surface area is 157 Å². The summed E-state index contributed by atoms with van der Waals surface area (Å²) in [5.41, 5.74) is 0.919. The second-order valence-corrected chi connectivity index (χ2v) is 8.85. The van der Waals surface area contributed by atoms with Crippen molar-refractivity contribution in [3.63, 3.8) is 0 Å². The lowest BCUT2D eigenvalue weighted by Gasteiger charge is -2.33. The molecule has 0 heterocycles. The van der Waals surface area contributed by atoms with Gasteiger partial charge in [0, 0.05) is 11.1 Å². The lowest BCUT2D eigenvalue weighted by molar-refractivity contribution is -0.121. The number of hydrogen-bond donors (Lipinski definition) is 1. The highest BCUT2D eigenvalue weighted by Gasteiger charge is 2.38. The fraction of sp³-hybridized carbons (Fsp3) is 0.435. The highest BCUT2D eigenvalue weighted by atomic mass is 16.5. The monoisotopic (exact) mass is 354 g/mol. The highest BCUT2D eigenvalue weighted by Crippen LogP contribution is 2.43. The largest absolute Gasteiger partial charge is 0.496 e. The molecule has 140 valence electrons. The predicted octanol–water partition coefficient (Wildman–Crippen LogP) is 4.73. The molecule has 0 aliphatic heterocycles. The Bertz CT molecular complexity index is 780. The number of ether oxygens (including phenoxy) is 1. The summed E-state index contributed by atoms with van der Waals surface area (Å²) in [6.45, 7) is 12.7. The van der Waals surface area contributed by atoms with E-state index in [4.69, 9.17) is 4.74 Å². The summed E-state index contributed by atoms with van der Waals surface area (Å²) in [5, 5.41) is 11.4. The van der Waals surface area contributed by atoms with Crippen LogP contribution in [0.25, 0.3) is 0 Å². The molecule has 0 aliphatic rings. The lowest BCUT2D eigenvalue weighted by atomic mass is 9.75. The molecule has 0 saturated heterocycles. The fourth-order valence-electron chi connectivity index (χ4n) is 3.10. The molecule has 1 atom stereocenters. The average Bonchev–Trinajstić information content (AvgIpc) is 2.59. The van der Waals surface area contributed by atoms with E-state index in [1.165, 1.54) is 0 Å². The maximum absolute atomic E-state index is 12.1. The number of carbonyl (C=O) groups excluding carboxylic acids is 1. The average molecular weight is 354 g/mol. The standard InChI is InChI=1S/C23H30O3/c1-21(2,3)17-13-18(22(4,5)6)20(26-7)19(14-17)23(25,15-24)16-11-9-8-10-12-16/h8-15,25H,1-7H3. The van der Waals surface area contributed by atoms with Crippen molar-refractivity contribution in [1.29, 1.82) is 0 Å². The Balaban J connectivity index is 2.91. The number of rotatable bonds is 4. The molecule has 1 unspecified atom stereocenters. The van der Waals surface area contributed by atoms with Gasteiger partial charge in [0.25, 0.3) is 0 Å². The molecule has 0 radical (unpaired) electrons. The summed E-state index contributed by atoms with van der Waals surface area (Å²) in [5.74, 6) is 0.559. The summed E-state index contributed by atoms with van der Waals surface area (Å²) >= 11 is 0. The predicted molar refractivity (Wildman–Crippen MR) is 106 cm³/mol.